The van der Waals surface area contributed by atoms with Crippen molar-refractivity contribution in [2.45, 2.75) is 38.3 Å². The number of carbonyl (C=O) groups is 1. The second kappa shape index (κ2) is 6.75. The maximum atomic E-state index is 13.0. The first-order chi connectivity index (χ1) is 12.2. The molecule has 0 N–H and O–H groups in total. The molecule has 0 aliphatic carbocycles. The Balaban J connectivity index is 1.54. The lowest BCUT2D eigenvalue weighted by Crippen LogP contribution is -2.46. The second-order valence-electron chi connectivity index (χ2n) is 6.92. The van der Waals surface area contributed by atoms with Gasteiger partial charge in [-0.3, -0.25) is 9.48 Å². The second-order valence-corrected chi connectivity index (χ2v) is 6.92. The van der Waals surface area contributed by atoms with E-state index in [1.165, 1.54) is 17.3 Å². The van der Waals surface area contributed by atoms with Crippen LogP contribution in [0.15, 0.2) is 48.9 Å². The molecule has 130 valence electrons. The SMILES string of the molecule is Cn1cc(CC(=O)N2CCCC[C@H]2Cn2cccn2)c2ccccc21. The number of aryl methyl sites for hydroxylation is 1. The van der Waals surface area contributed by atoms with E-state index in [1.807, 2.05) is 36.1 Å². The van der Waals surface area contributed by atoms with E-state index in [9.17, 15) is 4.79 Å². The van der Waals surface area contributed by atoms with Crippen LogP contribution in [0.25, 0.3) is 10.9 Å². The van der Waals surface area contributed by atoms with Crippen molar-refractivity contribution < 1.29 is 4.79 Å². The normalized spacial score (nSPS) is 18.0. The number of amides is 1. The quantitative estimate of drug-likeness (QED) is 0.735. The molecule has 1 aromatic carbocycles. The average molecular weight is 336 g/mol. The minimum absolute atomic E-state index is 0.230. The highest BCUT2D eigenvalue weighted by Crippen LogP contribution is 2.24. The number of fused-ring (bicyclic) bond motifs is 1. The molecule has 25 heavy (non-hydrogen) atoms. The van der Waals surface area contributed by atoms with Crippen LogP contribution in [0.5, 0.6) is 0 Å². The zero-order chi connectivity index (χ0) is 17.2. The van der Waals surface area contributed by atoms with Crippen molar-refractivity contribution in [2.75, 3.05) is 6.54 Å². The summed E-state index contributed by atoms with van der Waals surface area (Å²) in [5.41, 5.74) is 2.29. The molecule has 1 saturated heterocycles. The lowest BCUT2D eigenvalue weighted by Gasteiger charge is -2.35. The number of rotatable bonds is 4. The summed E-state index contributed by atoms with van der Waals surface area (Å²) < 4.78 is 4.05. The maximum Gasteiger partial charge on any atom is 0.227 e. The zero-order valence-electron chi connectivity index (χ0n) is 14.6. The van der Waals surface area contributed by atoms with Crippen molar-refractivity contribution in [3.63, 3.8) is 0 Å². The molecule has 1 atom stereocenters. The number of hydrogen-bond donors (Lipinski definition) is 0. The Morgan fingerprint density at radius 3 is 2.96 bits per heavy atom. The number of likely N-dealkylation sites (tertiary alicyclic amines) is 1. The van der Waals surface area contributed by atoms with Crippen molar-refractivity contribution in [1.82, 2.24) is 19.2 Å². The minimum atomic E-state index is 0.230. The van der Waals surface area contributed by atoms with Crippen LogP contribution in [0, 0.1) is 0 Å². The molecule has 3 heterocycles. The molecule has 5 nitrogen and oxygen atoms in total. The van der Waals surface area contributed by atoms with Crippen LogP contribution >= 0.6 is 0 Å². The molecule has 0 spiro atoms. The largest absolute Gasteiger partial charge is 0.350 e. The Bertz CT molecular complexity index is 865. The fourth-order valence-corrected chi connectivity index (χ4v) is 3.97. The van der Waals surface area contributed by atoms with Crippen LogP contribution in [0.1, 0.15) is 24.8 Å². The molecule has 0 bridgehead atoms. The molecule has 0 saturated carbocycles. The first-order valence-corrected chi connectivity index (χ1v) is 9.02. The number of piperidine rings is 1. The minimum Gasteiger partial charge on any atom is -0.350 e. The average Bonchev–Trinajstić information content (AvgIpc) is 3.24. The van der Waals surface area contributed by atoms with Crippen molar-refractivity contribution in [3.8, 4) is 0 Å². The summed E-state index contributed by atoms with van der Waals surface area (Å²) in [7, 11) is 2.04. The van der Waals surface area contributed by atoms with Crippen LogP contribution in [0.4, 0.5) is 0 Å². The van der Waals surface area contributed by atoms with Crippen molar-refractivity contribution in [3.05, 3.63) is 54.5 Å². The number of carbonyl (C=O) groups excluding carboxylic acids is 1. The Labute approximate surface area is 147 Å². The van der Waals surface area contributed by atoms with Gasteiger partial charge in [0.25, 0.3) is 0 Å². The molecule has 1 fully saturated rings. The summed E-state index contributed by atoms with van der Waals surface area (Å²) in [4.78, 5) is 15.1. The molecule has 3 aromatic rings. The molecule has 4 rings (SSSR count). The van der Waals surface area contributed by atoms with E-state index in [1.54, 1.807) is 6.20 Å². The zero-order valence-corrected chi connectivity index (χ0v) is 14.6. The predicted molar refractivity (Wildman–Crippen MR) is 98.2 cm³/mol. The van der Waals surface area contributed by atoms with Gasteiger partial charge in [-0.2, -0.15) is 5.10 Å². The van der Waals surface area contributed by atoms with E-state index in [2.05, 4.69) is 32.9 Å². The van der Waals surface area contributed by atoms with Gasteiger partial charge in [0, 0.05) is 43.1 Å². The highest BCUT2D eigenvalue weighted by Gasteiger charge is 2.27. The van der Waals surface area contributed by atoms with E-state index in [0.29, 0.717) is 6.42 Å². The fraction of sp³-hybridized carbons (Fsp3) is 0.400. The van der Waals surface area contributed by atoms with Gasteiger partial charge in [0.15, 0.2) is 0 Å². The van der Waals surface area contributed by atoms with E-state index >= 15 is 0 Å². The van der Waals surface area contributed by atoms with Gasteiger partial charge < -0.3 is 9.47 Å². The number of benzene rings is 1. The predicted octanol–water partition coefficient (Wildman–Crippen LogP) is 3.00. The summed E-state index contributed by atoms with van der Waals surface area (Å²) in [5.74, 6) is 0.230. The Hall–Kier alpha value is -2.56. The smallest absolute Gasteiger partial charge is 0.227 e. The summed E-state index contributed by atoms with van der Waals surface area (Å²) in [5, 5.41) is 5.49. The van der Waals surface area contributed by atoms with E-state index in [-0.39, 0.29) is 11.9 Å². The van der Waals surface area contributed by atoms with Crippen LogP contribution in [0.2, 0.25) is 0 Å². The molecule has 2 aromatic heterocycles. The molecular weight excluding hydrogens is 312 g/mol. The third kappa shape index (κ3) is 3.18. The van der Waals surface area contributed by atoms with Crippen LogP contribution in [-0.2, 0) is 24.8 Å². The van der Waals surface area contributed by atoms with Gasteiger partial charge in [0.1, 0.15) is 0 Å². The van der Waals surface area contributed by atoms with Crippen molar-refractivity contribution >= 4 is 16.8 Å². The summed E-state index contributed by atoms with van der Waals surface area (Å²) in [6, 6.07) is 10.5. The number of para-hydroxylation sites is 1. The van der Waals surface area contributed by atoms with E-state index in [0.717, 1.165) is 31.5 Å². The molecule has 1 aliphatic heterocycles. The van der Waals surface area contributed by atoms with Gasteiger partial charge in [0.05, 0.1) is 19.0 Å². The highest BCUT2D eigenvalue weighted by atomic mass is 16.2. The Kier molecular flexibility index (Phi) is 4.30. The van der Waals surface area contributed by atoms with Crippen LogP contribution in [-0.4, -0.2) is 37.7 Å². The molecule has 0 radical (unpaired) electrons. The standard InChI is InChI=1S/C20H24N4O/c1-22-14-16(18-8-2-3-9-19(18)22)13-20(25)24-12-5-4-7-17(24)15-23-11-6-10-21-23/h2-3,6,8-11,14,17H,4-5,7,12-13,15H2,1H3/t17-/m0/s1. The van der Waals surface area contributed by atoms with Crippen LogP contribution < -0.4 is 0 Å². The third-order valence-corrected chi connectivity index (χ3v) is 5.23. The van der Waals surface area contributed by atoms with Gasteiger partial charge in [-0.1, -0.05) is 18.2 Å². The van der Waals surface area contributed by atoms with E-state index < -0.39 is 0 Å². The third-order valence-electron chi connectivity index (χ3n) is 5.23. The van der Waals surface area contributed by atoms with Crippen LogP contribution in [0.3, 0.4) is 0 Å². The molecule has 0 unspecified atom stereocenters. The number of aromatic nitrogens is 3. The molecule has 1 amide bonds. The maximum absolute atomic E-state index is 13.0. The summed E-state index contributed by atoms with van der Waals surface area (Å²) in [6.07, 6.45) is 9.67. The topological polar surface area (TPSA) is 43.1 Å². The lowest BCUT2D eigenvalue weighted by molar-refractivity contribution is -0.134. The van der Waals surface area contributed by atoms with Gasteiger partial charge in [-0.05, 0) is 37.0 Å². The van der Waals surface area contributed by atoms with Gasteiger partial charge in [0.2, 0.25) is 5.91 Å². The summed E-state index contributed by atoms with van der Waals surface area (Å²) in [6.45, 7) is 1.64. The first kappa shape index (κ1) is 15.9. The Morgan fingerprint density at radius 2 is 2.12 bits per heavy atom. The molecular formula is C20H24N4O. The molecule has 5 heteroatoms. The monoisotopic (exact) mass is 336 g/mol. The number of hydrogen-bond acceptors (Lipinski definition) is 2. The fourth-order valence-electron chi connectivity index (χ4n) is 3.97. The Morgan fingerprint density at radius 1 is 1.24 bits per heavy atom. The summed E-state index contributed by atoms with van der Waals surface area (Å²) >= 11 is 0. The van der Waals surface area contributed by atoms with Gasteiger partial charge in [-0.25, -0.2) is 0 Å². The molecule has 1 aliphatic rings. The lowest BCUT2D eigenvalue weighted by atomic mass is 10.0. The van der Waals surface area contributed by atoms with Gasteiger partial charge in [-0.15, -0.1) is 0 Å². The first-order valence-electron chi connectivity index (χ1n) is 9.02. The van der Waals surface area contributed by atoms with E-state index in [4.69, 9.17) is 0 Å². The highest BCUT2D eigenvalue weighted by molar-refractivity contribution is 5.89. The van der Waals surface area contributed by atoms with Crippen molar-refractivity contribution in [1.29, 1.82) is 0 Å². The van der Waals surface area contributed by atoms with Crippen molar-refractivity contribution in [2.24, 2.45) is 7.05 Å². The van der Waals surface area contributed by atoms with Gasteiger partial charge >= 0.3 is 0 Å². The number of nitrogens with zero attached hydrogens (tertiary/aromatic N) is 4.